The van der Waals surface area contributed by atoms with Crippen LogP contribution in [0.3, 0.4) is 0 Å². The molecule has 0 N–H and O–H groups in total. The second-order valence-electron chi connectivity index (χ2n) is 5.44. The molecule has 1 fully saturated rings. The second kappa shape index (κ2) is 9.88. The van der Waals surface area contributed by atoms with Gasteiger partial charge in [-0.1, -0.05) is 32.1 Å². The van der Waals surface area contributed by atoms with Crippen LogP contribution in [-0.2, 0) is 18.3 Å². The summed E-state index contributed by atoms with van der Waals surface area (Å²) < 4.78 is 21.5. The van der Waals surface area contributed by atoms with Crippen molar-refractivity contribution < 1.29 is 18.3 Å². The Morgan fingerprint density at radius 2 is 1.58 bits per heavy atom. The van der Waals surface area contributed by atoms with Crippen molar-refractivity contribution in [2.24, 2.45) is 0 Å². The van der Waals surface area contributed by atoms with Gasteiger partial charge in [0.2, 0.25) is 0 Å². The van der Waals surface area contributed by atoms with Crippen LogP contribution >= 0.6 is 0 Å². The third-order valence-electron chi connectivity index (χ3n) is 3.74. The average Bonchev–Trinajstić information content (AvgIpc) is 3.24. The maximum absolute atomic E-state index is 5.51. The third kappa shape index (κ3) is 8.76. The van der Waals surface area contributed by atoms with Crippen LogP contribution in [0.15, 0.2) is 0 Å². The molecule has 0 saturated carbocycles. The van der Waals surface area contributed by atoms with Crippen LogP contribution in [0.1, 0.15) is 38.5 Å². The zero-order chi connectivity index (χ0) is 14.0. The van der Waals surface area contributed by atoms with Gasteiger partial charge < -0.3 is 18.3 Å². The van der Waals surface area contributed by atoms with E-state index in [1.165, 1.54) is 38.5 Å². The Balaban J connectivity index is 1.77. The molecule has 0 bridgehead atoms. The number of unbranched alkanes of at least 4 members (excludes halogenated alkanes) is 5. The van der Waals surface area contributed by atoms with Crippen molar-refractivity contribution >= 4 is 8.56 Å². The van der Waals surface area contributed by atoms with E-state index in [0.29, 0.717) is 6.10 Å². The van der Waals surface area contributed by atoms with E-state index in [1.807, 2.05) is 0 Å². The predicted molar refractivity (Wildman–Crippen MR) is 78.7 cm³/mol. The SMILES string of the molecule is CO[Si](C)(CCCCCCCCOCC1CO1)OC. The first-order chi connectivity index (χ1) is 9.20. The van der Waals surface area contributed by atoms with Gasteiger partial charge in [-0.15, -0.1) is 0 Å². The highest BCUT2D eigenvalue weighted by molar-refractivity contribution is 6.65. The summed E-state index contributed by atoms with van der Waals surface area (Å²) in [6.45, 7) is 4.70. The van der Waals surface area contributed by atoms with Gasteiger partial charge in [0.15, 0.2) is 0 Å². The maximum Gasteiger partial charge on any atom is 0.334 e. The Morgan fingerprint density at radius 3 is 2.16 bits per heavy atom. The van der Waals surface area contributed by atoms with Crippen LogP contribution < -0.4 is 0 Å². The highest BCUT2D eigenvalue weighted by Gasteiger charge is 2.27. The summed E-state index contributed by atoms with van der Waals surface area (Å²) >= 11 is 0. The van der Waals surface area contributed by atoms with Crippen molar-refractivity contribution in [2.45, 2.75) is 57.2 Å². The lowest BCUT2D eigenvalue weighted by Crippen LogP contribution is -2.35. The molecule has 19 heavy (non-hydrogen) atoms. The van der Waals surface area contributed by atoms with Gasteiger partial charge in [0.1, 0.15) is 6.10 Å². The van der Waals surface area contributed by atoms with Crippen molar-refractivity contribution in [3.8, 4) is 0 Å². The molecule has 1 heterocycles. The summed E-state index contributed by atoms with van der Waals surface area (Å²) in [5.74, 6) is 0. The third-order valence-corrected chi connectivity index (χ3v) is 6.73. The van der Waals surface area contributed by atoms with Crippen molar-refractivity contribution in [2.75, 3.05) is 34.0 Å². The monoisotopic (exact) mass is 290 g/mol. The van der Waals surface area contributed by atoms with Crippen molar-refractivity contribution in [1.82, 2.24) is 0 Å². The maximum atomic E-state index is 5.51. The molecule has 1 rings (SSSR count). The zero-order valence-electron chi connectivity index (χ0n) is 12.8. The van der Waals surface area contributed by atoms with E-state index < -0.39 is 8.56 Å². The van der Waals surface area contributed by atoms with Gasteiger partial charge in [-0.3, -0.25) is 0 Å². The van der Waals surface area contributed by atoms with Crippen molar-refractivity contribution in [1.29, 1.82) is 0 Å². The molecule has 1 atom stereocenters. The van der Waals surface area contributed by atoms with Gasteiger partial charge >= 0.3 is 8.56 Å². The number of epoxide rings is 1. The molecule has 1 aliphatic rings. The average molecular weight is 290 g/mol. The number of rotatable bonds is 13. The molecule has 5 heteroatoms. The molecule has 1 aliphatic heterocycles. The van der Waals surface area contributed by atoms with Crippen LogP contribution in [0.2, 0.25) is 12.6 Å². The van der Waals surface area contributed by atoms with E-state index in [9.17, 15) is 0 Å². The molecule has 0 aromatic heterocycles. The fourth-order valence-electron chi connectivity index (χ4n) is 2.02. The Labute approximate surface area is 119 Å². The Kier molecular flexibility index (Phi) is 8.90. The van der Waals surface area contributed by atoms with E-state index in [2.05, 4.69) is 6.55 Å². The molecule has 1 unspecified atom stereocenters. The normalized spacial score (nSPS) is 18.8. The van der Waals surface area contributed by atoms with Crippen LogP contribution in [-0.4, -0.2) is 48.7 Å². The van der Waals surface area contributed by atoms with Crippen LogP contribution in [0.5, 0.6) is 0 Å². The van der Waals surface area contributed by atoms with Gasteiger partial charge in [0.25, 0.3) is 0 Å². The first-order valence-electron chi connectivity index (χ1n) is 7.50. The molecule has 0 amide bonds. The van der Waals surface area contributed by atoms with Gasteiger partial charge in [-0.2, -0.15) is 0 Å². The Morgan fingerprint density at radius 1 is 1.00 bits per heavy atom. The molecular formula is C14H30O4Si. The van der Waals surface area contributed by atoms with Crippen molar-refractivity contribution in [3.05, 3.63) is 0 Å². The Bertz CT molecular complexity index is 217. The summed E-state index contributed by atoms with van der Waals surface area (Å²) in [4.78, 5) is 0. The van der Waals surface area contributed by atoms with Crippen molar-refractivity contribution in [3.63, 3.8) is 0 Å². The summed E-state index contributed by atoms with van der Waals surface area (Å²) in [6.07, 6.45) is 7.97. The number of hydrogen-bond donors (Lipinski definition) is 0. The quantitative estimate of drug-likeness (QED) is 0.297. The standard InChI is InChI=1S/C14H30O4Si/c1-15-19(3,16-2)11-9-7-5-4-6-8-10-17-12-14-13-18-14/h14H,4-13H2,1-3H3. The first kappa shape index (κ1) is 17.1. The lowest BCUT2D eigenvalue weighted by atomic mass is 10.1. The Hall–Kier alpha value is 0.0569. The summed E-state index contributed by atoms with van der Waals surface area (Å²) in [6, 6.07) is 1.10. The molecule has 1 saturated heterocycles. The summed E-state index contributed by atoms with van der Waals surface area (Å²) in [7, 11) is 1.71. The zero-order valence-corrected chi connectivity index (χ0v) is 13.8. The fraction of sp³-hybridized carbons (Fsp3) is 1.00. The lowest BCUT2D eigenvalue weighted by Gasteiger charge is -2.22. The molecule has 0 aromatic rings. The van der Waals surface area contributed by atoms with E-state index in [0.717, 1.165) is 25.9 Å². The van der Waals surface area contributed by atoms with E-state index >= 15 is 0 Å². The molecule has 0 aromatic carbocycles. The molecule has 0 radical (unpaired) electrons. The van der Waals surface area contributed by atoms with E-state index in [1.54, 1.807) is 14.2 Å². The van der Waals surface area contributed by atoms with Crippen LogP contribution in [0.4, 0.5) is 0 Å². The minimum Gasteiger partial charge on any atom is -0.398 e. The van der Waals surface area contributed by atoms with Crippen LogP contribution in [0.25, 0.3) is 0 Å². The lowest BCUT2D eigenvalue weighted by molar-refractivity contribution is 0.113. The number of ether oxygens (including phenoxy) is 2. The molecule has 0 spiro atoms. The topological polar surface area (TPSA) is 40.2 Å². The first-order valence-corrected chi connectivity index (χ1v) is 10.0. The predicted octanol–water partition coefficient (Wildman–Crippen LogP) is 3.11. The highest BCUT2D eigenvalue weighted by atomic mass is 28.4. The smallest absolute Gasteiger partial charge is 0.334 e. The highest BCUT2D eigenvalue weighted by Crippen LogP contribution is 2.17. The molecule has 4 nitrogen and oxygen atoms in total. The summed E-state index contributed by atoms with van der Waals surface area (Å²) in [5.41, 5.74) is 0. The number of hydrogen-bond acceptors (Lipinski definition) is 4. The van der Waals surface area contributed by atoms with Gasteiger partial charge in [0.05, 0.1) is 13.2 Å². The summed E-state index contributed by atoms with van der Waals surface area (Å²) in [5, 5.41) is 0. The fourth-order valence-corrected chi connectivity index (χ4v) is 3.49. The van der Waals surface area contributed by atoms with Crippen LogP contribution in [0, 0.1) is 0 Å². The van der Waals surface area contributed by atoms with E-state index in [-0.39, 0.29) is 0 Å². The largest absolute Gasteiger partial charge is 0.398 e. The molecular weight excluding hydrogens is 260 g/mol. The molecule has 114 valence electrons. The second-order valence-corrected chi connectivity index (χ2v) is 9.03. The minimum absolute atomic E-state index is 0.403. The van der Waals surface area contributed by atoms with Gasteiger partial charge in [-0.25, -0.2) is 0 Å². The van der Waals surface area contributed by atoms with Gasteiger partial charge in [-0.05, 0) is 19.0 Å². The van der Waals surface area contributed by atoms with E-state index in [4.69, 9.17) is 18.3 Å². The van der Waals surface area contributed by atoms with Gasteiger partial charge in [0, 0.05) is 20.8 Å². The molecule has 0 aliphatic carbocycles. The minimum atomic E-state index is -1.82.